The molecule has 1 saturated heterocycles. The van der Waals surface area contributed by atoms with Crippen molar-refractivity contribution in [2.75, 3.05) is 0 Å². The Labute approximate surface area is 103 Å². The minimum absolute atomic E-state index is 0.174. The van der Waals surface area contributed by atoms with Gasteiger partial charge in [-0.1, -0.05) is 35.3 Å². The van der Waals surface area contributed by atoms with Gasteiger partial charge in [0.25, 0.3) is 0 Å². The zero-order valence-electron chi connectivity index (χ0n) is 8.30. The summed E-state index contributed by atoms with van der Waals surface area (Å²) in [5.74, 6) is -0.706. The predicted octanol–water partition coefficient (Wildman–Crippen LogP) is 2.51. The Hall–Kier alpha value is -1.06. The van der Waals surface area contributed by atoms with E-state index in [1.165, 1.54) is 0 Å². The molecule has 0 spiro atoms. The van der Waals surface area contributed by atoms with Crippen LogP contribution in [0.5, 0.6) is 0 Å². The highest BCUT2D eigenvalue weighted by Crippen LogP contribution is 2.35. The molecule has 0 unspecified atom stereocenters. The molecule has 0 aromatic heterocycles. The molecule has 1 heterocycles. The van der Waals surface area contributed by atoms with Crippen LogP contribution in [-0.4, -0.2) is 11.8 Å². The first kappa shape index (κ1) is 11.4. The molecule has 0 atom stereocenters. The van der Waals surface area contributed by atoms with Crippen LogP contribution >= 0.6 is 23.2 Å². The normalized spacial score (nSPS) is 17.4. The van der Waals surface area contributed by atoms with Crippen molar-refractivity contribution in [3.05, 3.63) is 33.8 Å². The van der Waals surface area contributed by atoms with Crippen LogP contribution < -0.4 is 5.32 Å². The van der Waals surface area contributed by atoms with Crippen molar-refractivity contribution < 1.29 is 9.59 Å². The van der Waals surface area contributed by atoms with Crippen LogP contribution in [0.25, 0.3) is 0 Å². The minimum Gasteiger partial charge on any atom is -0.296 e. The summed E-state index contributed by atoms with van der Waals surface area (Å²) < 4.78 is 0. The van der Waals surface area contributed by atoms with Gasteiger partial charge in [-0.15, -0.1) is 0 Å². The van der Waals surface area contributed by atoms with Crippen molar-refractivity contribution in [2.24, 2.45) is 0 Å². The number of rotatable bonds is 1. The Morgan fingerprint density at radius 2 is 1.75 bits per heavy atom. The van der Waals surface area contributed by atoms with Crippen LogP contribution in [0.3, 0.4) is 0 Å². The standard InChI is InChI=1S/C11H9Cl2NO2/c12-8-3-1-2-7(11(8)13)6-4-9(15)14-10(16)5-6/h1-3,6H,4-5H2,(H,14,15,16). The summed E-state index contributed by atoms with van der Waals surface area (Å²) in [7, 11) is 0. The first-order valence-electron chi connectivity index (χ1n) is 4.84. The lowest BCUT2D eigenvalue weighted by molar-refractivity contribution is -0.133. The summed E-state index contributed by atoms with van der Waals surface area (Å²) in [6.07, 6.45) is 0.539. The molecule has 0 saturated carbocycles. The quantitative estimate of drug-likeness (QED) is 0.786. The largest absolute Gasteiger partial charge is 0.296 e. The smallest absolute Gasteiger partial charge is 0.227 e. The number of piperidine rings is 1. The number of carbonyl (C=O) groups excluding carboxylic acids is 2. The molecule has 0 aliphatic carbocycles. The number of halogens is 2. The summed E-state index contributed by atoms with van der Waals surface area (Å²) >= 11 is 11.9. The molecular formula is C11H9Cl2NO2. The van der Waals surface area contributed by atoms with Gasteiger partial charge in [0.05, 0.1) is 10.0 Å². The van der Waals surface area contributed by atoms with E-state index in [0.29, 0.717) is 10.0 Å². The average molecular weight is 258 g/mol. The first-order valence-corrected chi connectivity index (χ1v) is 5.60. The summed E-state index contributed by atoms with van der Waals surface area (Å²) in [5, 5.41) is 3.13. The van der Waals surface area contributed by atoms with Gasteiger partial charge >= 0.3 is 0 Å². The number of benzene rings is 1. The Balaban J connectivity index is 2.33. The molecule has 1 aromatic rings. The van der Waals surface area contributed by atoms with E-state index in [-0.39, 0.29) is 30.6 Å². The molecule has 1 aliphatic heterocycles. The van der Waals surface area contributed by atoms with Crippen LogP contribution in [0.2, 0.25) is 10.0 Å². The maximum absolute atomic E-state index is 11.2. The van der Waals surface area contributed by atoms with Crippen LogP contribution in [0.4, 0.5) is 0 Å². The third-order valence-corrected chi connectivity index (χ3v) is 3.40. The fourth-order valence-corrected chi connectivity index (χ4v) is 2.30. The molecule has 1 fully saturated rings. The molecule has 5 heteroatoms. The maximum atomic E-state index is 11.2. The molecular weight excluding hydrogens is 249 g/mol. The van der Waals surface area contributed by atoms with Crippen LogP contribution in [0.15, 0.2) is 18.2 Å². The Bertz CT molecular complexity index is 443. The zero-order valence-corrected chi connectivity index (χ0v) is 9.81. The first-order chi connectivity index (χ1) is 7.58. The highest BCUT2D eigenvalue weighted by molar-refractivity contribution is 6.42. The Morgan fingerprint density at radius 1 is 1.12 bits per heavy atom. The van der Waals surface area contributed by atoms with E-state index in [2.05, 4.69) is 5.32 Å². The van der Waals surface area contributed by atoms with E-state index >= 15 is 0 Å². The van der Waals surface area contributed by atoms with E-state index in [1.54, 1.807) is 18.2 Å². The number of carbonyl (C=O) groups is 2. The predicted molar refractivity (Wildman–Crippen MR) is 61.6 cm³/mol. The SMILES string of the molecule is O=C1CC(c2cccc(Cl)c2Cl)CC(=O)N1. The Morgan fingerprint density at radius 3 is 2.38 bits per heavy atom. The second-order valence-electron chi connectivity index (χ2n) is 3.72. The lowest BCUT2D eigenvalue weighted by Gasteiger charge is -2.22. The monoisotopic (exact) mass is 257 g/mol. The third kappa shape index (κ3) is 2.20. The van der Waals surface area contributed by atoms with Crippen LogP contribution in [-0.2, 0) is 9.59 Å². The second kappa shape index (κ2) is 4.44. The summed E-state index contributed by atoms with van der Waals surface area (Å²) in [5.41, 5.74) is 0.761. The minimum atomic E-state index is -0.266. The van der Waals surface area contributed by atoms with Gasteiger partial charge in [-0.3, -0.25) is 14.9 Å². The van der Waals surface area contributed by atoms with E-state index in [1.807, 2.05) is 0 Å². The fourth-order valence-electron chi connectivity index (χ4n) is 1.83. The number of imide groups is 1. The molecule has 84 valence electrons. The molecule has 16 heavy (non-hydrogen) atoms. The van der Waals surface area contributed by atoms with Gasteiger partial charge in [-0.25, -0.2) is 0 Å². The van der Waals surface area contributed by atoms with E-state index in [4.69, 9.17) is 23.2 Å². The van der Waals surface area contributed by atoms with E-state index in [9.17, 15) is 9.59 Å². The number of nitrogens with one attached hydrogen (secondary N) is 1. The van der Waals surface area contributed by atoms with Crippen molar-refractivity contribution in [1.29, 1.82) is 0 Å². The topological polar surface area (TPSA) is 46.2 Å². The number of amides is 2. The maximum Gasteiger partial charge on any atom is 0.227 e. The Kier molecular flexibility index (Phi) is 3.17. The fraction of sp³-hybridized carbons (Fsp3) is 0.273. The molecule has 1 aromatic carbocycles. The van der Waals surface area contributed by atoms with Gasteiger partial charge in [-0.05, 0) is 11.6 Å². The second-order valence-corrected chi connectivity index (χ2v) is 4.50. The van der Waals surface area contributed by atoms with Crippen molar-refractivity contribution in [3.8, 4) is 0 Å². The molecule has 0 bridgehead atoms. The molecule has 2 rings (SSSR count). The molecule has 2 amide bonds. The van der Waals surface area contributed by atoms with E-state index in [0.717, 1.165) is 5.56 Å². The molecule has 0 radical (unpaired) electrons. The highest BCUT2D eigenvalue weighted by Gasteiger charge is 2.27. The van der Waals surface area contributed by atoms with Gasteiger partial charge < -0.3 is 0 Å². The van der Waals surface area contributed by atoms with Crippen LogP contribution in [0.1, 0.15) is 24.3 Å². The number of hydrogen-bond acceptors (Lipinski definition) is 2. The molecule has 1 N–H and O–H groups in total. The van der Waals surface area contributed by atoms with Crippen molar-refractivity contribution in [2.45, 2.75) is 18.8 Å². The lowest BCUT2D eigenvalue weighted by atomic mass is 9.89. The van der Waals surface area contributed by atoms with Crippen LogP contribution in [0, 0.1) is 0 Å². The van der Waals surface area contributed by atoms with Gasteiger partial charge in [0.2, 0.25) is 11.8 Å². The van der Waals surface area contributed by atoms with Crippen molar-refractivity contribution in [1.82, 2.24) is 5.32 Å². The molecule has 1 aliphatic rings. The summed E-state index contributed by atoms with van der Waals surface area (Å²) in [6, 6.07) is 5.24. The van der Waals surface area contributed by atoms with Crippen molar-refractivity contribution >= 4 is 35.0 Å². The van der Waals surface area contributed by atoms with Gasteiger partial charge in [0.1, 0.15) is 0 Å². The molecule has 3 nitrogen and oxygen atoms in total. The third-order valence-electron chi connectivity index (χ3n) is 2.56. The summed E-state index contributed by atoms with van der Waals surface area (Å²) in [6.45, 7) is 0. The lowest BCUT2D eigenvalue weighted by Crippen LogP contribution is -2.37. The zero-order chi connectivity index (χ0) is 11.7. The summed E-state index contributed by atoms with van der Waals surface area (Å²) in [4.78, 5) is 22.5. The van der Waals surface area contributed by atoms with Gasteiger partial charge in [0, 0.05) is 18.8 Å². The van der Waals surface area contributed by atoms with Gasteiger partial charge in [-0.2, -0.15) is 0 Å². The van der Waals surface area contributed by atoms with Crippen molar-refractivity contribution in [3.63, 3.8) is 0 Å². The van der Waals surface area contributed by atoms with E-state index < -0.39 is 0 Å². The average Bonchev–Trinajstić information content (AvgIpc) is 2.20. The highest BCUT2D eigenvalue weighted by atomic mass is 35.5. The van der Waals surface area contributed by atoms with Gasteiger partial charge in [0.15, 0.2) is 0 Å². The number of hydrogen-bond donors (Lipinski definition) is 1.